The molecule has 0 unspecified atom stereocenters. The number of rotatable bonds is 0. The van der Waals surface area contributed by atoms with Gasteiger partial charge in [-0.1, -0.05) is 0 Å². The molecule has 5 nitrogen and oxygen atoms in total. The predicted octanol–water partition coefficient (Wildman–Crippen LogP) is 1.28. The first-order valence-electron chi connectivity index (χ1n) is 4.68. The average Bonchev–Trinajstić information content (AvgIpc) is 2.74. The monoisotopic (exact) mass is 210 g/mol. The van der Waals surface area contributed by atoms with Gasteiger partial charge in [0.15, 0.2) is 0 Å². The maximum Gasteiger partial charge on any atom is 0.207 e. The number of nitrogens with one attached hydrogen (secondary N) is 2. The third-order valence-corrected chi connectivity index (χ3v) is 2.54. The number of imidazole rings is 1. The molecule has 2 N–H and O–H groups in total. The van der Waals surface area contributed by atoms with E-state index in [4.69, 9.17) is 5.26 Å². The molecule has 16 heavy (non-hydrogen) atoms. The van der Waals surface area contributed by atoms with Crippen molar-refractivity contribution in [3.8, 4) is 6.07 Å². The Hall–Kier alpha value is -2.61. The Morgan fingerprint density at radius 1 is 1.25 bits per heavy atom. The quantitative estimate of drug-likeness (QED) is 0.586. The second-order valence-corrected chi connectivity index (χ2v) is 3.46. The van der Waals surface area contributed by atoms with Crippen LogP contribution >= 0.6 is 0 Å². The van der Waals surface area contributed by atoms with E-state index in [1.807, 2.05) is 6.07 Å². The van der Waals surface area contributed by atoms with Crippen molar-refractivity contribution in [2.75, 3.05) is 0 Å². The summed E-state index contributed by atoms with van der Waals surface area (Å²) in [4.78, 5) is 21.8. The summed E-state index contributed by atoms with van der Waals surface area (Å²) in [6.07, 6.45) is 2.99. The van der Waals surface area contributed by atoms with E-state index in [0.29, 0.717) is 10.9 Å². The van der Waals surface area contributed by atoms with Crippen LogP contribution < -0.4 is 5.43 Å². The molecule has 2 aromatic heterocycles. The molecule has 1 aromatic carbocycles. The molecule has 0 radical (unpaired) electrons. The molecule has 76 valence electrons. The molecule has 0 amide bonds. The maximum absolute atomic E-state index is 11.8. The smallest absolute Gasteiger partial charge is 0.207 e. The number of fused-ring (bicyclic) bond motifs is 2. The van der Waals surface area contributed by atoms with E-state index in [1.165, 1.54) is 6.20 Å². The Morgan fingerprint density at radius 2 is 2.12 bits per heavy atom. The molecule has 3 rings (SSSR count). The van der Waals surface area contributed by atoms with Crippen LogP contribution in [0.25, 0.3) is 21.9 Å². The van der Waals surface area contributed by atoms with Gasteiger partial charge in [-0.25, -0.2) is 4.98 Å². The molecule has 0 bridgehead atoms. The molecular weight excluding hydrogens is 204 g/mol. The van der Waals surface area contributed by atoms with Crippen LogP contribution in [-0.4, -0.2) is 15.0 Å². The van der Waals surface area contributed by atoms with Gasteiger partial charge in [0, 0.05) is 11.6 Å². The number of aromatic amines is 2. The number of hydrogen-bond donors (Lipinski definition) is 2. The minimum Gasteiger partial charge on any atom is -0.360 e. The number of H-pyrrole nitrogens is 2. The van der Waals surface area contributed by atoms with Gasteiger partial charge in [0.1, 0.15) is 11.6 Å². The molecule has 0 saturated heterocycles. The van der Waals surface area contributed by atoms with Gasteiger partial charge in [-0.3, -0.25) is 4.79 Å². The van der Waals surface area contributed by atoms with E-state index in [-0.39, 0.29) is 11.0 Å². The minimum atomic E-state index is -0.257. The molecule has 0 spiro atoms. The highest BCUT2D eigenvalue weighted by Crippen LogP contribution is 2.16. The Balaban J connectivity index is 2.56. The van der Waals surface area contributed by atoms with Crippen LogP contribution in [-0.2, 0) is 0 Å². The summed E-state index contributed by atoms with van der Waals surface area (Å²) in [5, 5.41) is 9.26. The van der Waals surface area contributed by atoms with Gasteiger partial charge in [-0.2, -0.15) is 5.26 Å². The standard InChI is InChI=1S/C11H6N4O/c12-3-6-4-13-8-2-10-9(14-5-15-10)1-7(8)11(6)16/h1-2,4-5H,(H,13,16)(H,14,15). The first kappa shape index (κ1) is 8.68. The lowest BCUT2D eigenvalue weighted by Gasteiger charge is -1.97. The molecule has 0 fully saturated rings. The summed E-state index contributed by atoms with van der Waals surface area (Å²) >= 11 is 0. The summed E-state index contributed by atoms with van der Waals surface area (Å²) in [5.41, 5.74) is 2.11. The van der Waals surface area contributed by atoms with E-state index in [0.717, 1.165) is 11.0 Å². The molecule has 5 heteroatoms. The molecule has 0 aliphatic carbocycles. The van der Waals surface area contributed by atoms with E-state index in [9.17, 15) is 4.79 Å². The molecule has 3 aromatic rings. The van der Waals surface area contributed by atoms with Gasteiger partial charge in [-0.05, 0) is 12.1 Å². The van der Waals surface area contributed by atoms with Gasteiger partial charge in [0.25, 0.3) is 0 Å². The number of aromatic nitrogens is 3. The van der Waals surface area contributed by atoms with Gasteiger partial charge in [0.05, 0.1) is 22.9 Å². The van der Waals surface area contributed by atoms with Crippen LogP contribution in [0.2, 0.25) is 0 Å². The van der Waals surface area contributed by atoms with Gasteiger partial charge >= 0.3 is 0 Å². The van der Waals surface area contributed by atoms with Crippen molar-refractivity contribution in [1.82, 2.24) is 15.0 Å². The van der Waals surface area contributed by atoms with Crippen molar-refractivity contribution < 1.29 is 0 Å². The lowest BCUT2D eigenvalue weighted by atomic mass is 10.1. The van der Waals surface area contributed by atoms with E-state index in [2.05, 4.69) is 15.0 Å². The number of nitriles is 1. The van der Waals surface area contributed by atoms with Gasteiger partial charge in [-0.15, -0.1) is 0 Å². The zero-order chi connectivity index (χ0) is 11.1. The second kappa shape index (κ2) is 2.94. The van der Waals surface area contributed by atoms with Crippen LogP contribution in [0.15, 0.2) is 29.5 Å². The van der Waals surface area contributed by atoms with Crippen molar-refractivity contribution in [1.29, 1.82) is 5.26 Å². The molecular formula is C11H6N4O. The fraction of sp³-hybridized carbons (Fsp3) is 0. The highest BCUT2D eigenvalue weighted by Gasteiger charge is 2.06. The predicted molar refractivity (Wildman–Crippen MR) is 58.9 cm³/mol. The summed E-state index contributed by atoms with van der Waals surface area (Å²) in [7, 11) is 0. The van der Waals surface area contributed by atoms with Gasteiger partial charge < -0.3 is 9.97 Å². The fourth-order valence-electron chi connectivity index (χ4n) is 1.73. The normalized spacial score (nSPS) is 10.7. The first-order valence-corrected chi connectivity index (χ1v) is 4.68. The maximum atomic E-state index is 11.8. The zero-order valence-corrected chi connectivity index (χ0v) is 8.11. The van der Waals surface area contributed by atoms with Crippen molar-refractivity contribution in [3.05, 3.63) is 40.4 Å². The topological polar surface area (TPSA) is 85.3 Å². The second-order valence-electron chi connectivity index (χ2n) is 3.46. The van der Waals surface area contributed by atoms with Crippen molar-refractivity contribution in [2.45, 2.75) is 0 Å². The highest BCUT2D eigenvalue weighted by molar-refractivity contribution is 5.93. The van der Waals surface area contributed by atoms with Crippen LogP contribution in [0.1, 0.15) is 5.56 Å². The summed E-state index contributed by atoms with van der Waals surface area (Å²) < 4.78 is 0. The van der Waals surface area contributed by atoms with Crippen LogP contribution in [0, 0.1) is 11.3 Å². The van der Waals surface area contributed by atoms with E-state index in [1.54, 1.807) is 18.5 Å². The summed E-state index contributed by atoms with van der Waals surface area (Å²) in [6.45, 7) is 0. The van der Waals surface area contributed by atoms with E-state index >= 15 is 0 Å². The molecule has 0 atom stereocenters. The lowest BCUT2D eigenvalue weighted by Crippen LogP contribution is -2.06. The molecule has 2 heterocycles. The first-order chi connectivity index (χ1) is 7.79. The lowest BCUT2D eigenvalue weighted by molar-refractivity contribution is 1.34. The van der Waals surface area contributed by atoms with Crippen LogP contribution in [0.4, 0.5) is 0 Å². The SMILES string of the molecule is N#Cc1c[nH]c2cc3nc[nH]c3cc2c1=O. The largest absolute Gasteiger partial charge is 0.360 e. The Morgan fingerprint density at radius 3 is 2.94 bits per heavy atom. The average molecular weight is 210 g/mol. The number of nitrogens with zero attached hydrogens (tertiary/aromatic N) is 2. The molecule has 0 saturated carbocycles. The fourth-order valence-corrected chi connectivity index (χ4v) is 1.73. The number of benzene rings is 1. The number of pyridine rings is 1. The third kappa shape index (κ3) is 1.04. The Kier molecular flexibility index (Phi) is 1.59. The Labute approximate surface area is 89.4 Å². The molecule has 0 aliphatic heterocycles. The van der Waals surface area contributed by atoms with Gasteiger partial charge in [0.2, 0.25) is 5.43 Å². The summed E-state index contributed by atoms with van der Waals surface area (Å²) in [6, 6.07) is 5.35. The van der Waals surface area contributed by atoms with Crippen molar-refractivity contribution >= 4 is 21.9 Å². The highest BCUT2D eigenvalue weighted by atomic mass is 16.1. The Bertz CT molecular complexity index is 791. The molecule has 0 aliphatic rings. The van der Waals surface area contributed by atoms with Crippen LogP contribution in [0.3, 0.4) is 0 Å². The minimum absolute atomic E-state index is 0.117. The van der Waals surface area contributed by atoms with Crippen LogP contribution in [0.5, 0.6) is 0 Å². The summed E-state index contributed by atoms with van der Waals surface area (Å²) in [5.74, 6) is 0. The number of hydrogen-bond acceptors (Lipinski definition) is 3. The van der Waals surface area contributed by atoms with E-state index < -0.39 is 0 Å². The van der Waals surface area contributed by atoms with Crippen molar-refractivity contribution in [2.24, 2.45) is 0 Å². The zero-order valence-electron chi connectivity index (χ0n) is 8.11. The van der Waals surface area contributed by atoms with Crippen molar-refractivity contribution in [3.63, 3.8) is 0 Å². The third-order valence-electron chi connectivity index (χ3n) is 2.54.